The highest BCUT2D eigenvalue weighted by Gasteiger charge is 2.35. The maximum absolute atomic E-state index is 12.8. The van der Waals surface area contributed by atoms with Crippen LogP contribution < -0.4 is 0 Å². The fourth-order valence-corrected chi connectivity index (χ4v) is 5.08. The molecule has 0 radical (unpaired) electrons. The van der Waals surface area contributed by atoms with Crippen molar-refractivity contribution in [3.8, 4) is 0 Å². The summed E-state index contributed by atoms with van der Waals surface area (Å²) in [4.78, 5) is 33.2. The summed E-state index contributed by atoms with van der Waals surface area (Å²) in [5.74, 6) is 1.40. The van der Waals surface area contributed by atoms with Crippen molar-refractivity contribution in [3.05, 3.63) is 29.3 Å². The Morgan fingerprint density at radius 3 is 2.92 bits per heavy atom. The molecular weight excluding hydrogens is 354 g/mol. The molecule has 1 aromatic carbocycles. The van der Waals surface area contributed by atoms with Gasteiger partial charge in [-0.2, -0.15) is 0 Å². The van der Waals surface area contributed by atoms with Crippen molar-refractivity contribution in [2.45, 2.75) is 38.8 Å². The number of likely N-dealkylation sites (N-methyl/N-ethyl adjacent to an activating group) is 1. The van der Waals surface area contributed by atoms with E-state index in [0.29, 0.717) is 24.6 Å². The van der Waals surface area contributed by atoms with E-state index in [4.69, 9.17) is 0 Å². The number of hydrogen-bond donors (Lipinski definition) is 0. The molecule has 1 fully saturated rings. The second-order valence-electron chi connectivity index (χ2n) is 6.25. The first-order valence-electron chi connectivity index (χ1n) is 8.56. The monoisotopic (exact) mass is 377 g/mol. The number of nitrogens with zero attached hydrogens (tertiary/aromatic N) is 3. The molecule has 7 heteroatoms. The normalized spacial score (nSPS) is 17.2. The summed E-state index contributed by atoms with van der Waals surface area (Å²) in [6, 6.07) is 7.65. The molecule has 1 atom stereocenters. The molecule has 1 aliphatic rings. The molecule has 5 nitrogen and oxygen atoms in total. The number of unbranched alkanes of at least 4 members (excludes halogenated alkanes) is 1. The van der Waals surface area contributed by atoms with E-state index >= 15 is 0 Å². The number of thiazole rings is 1. The molecule has 1 saturated heterocycles. The lowest BCUT2D eigenvalue weighted by Crippen LogP contribution is -2.47. The number of benzene rings is 1. The molecule has 0 spiro atoms. The number of para-hydroxylation sites is 1. The van der Waals surface area contributed by atoms with E-state index in [0.717, 1.165) is 28.1 Å². The molecule has 1 aromatic heterocycles. The molecule has 2 heterocycles. The molecule has 2 aromatic rings. The van der Waals surface area contributed by atoms with Gasteiger partial charge in [0, 0.05) is 19.2 Å². The highest BCUT2D eigenvalue weighted by molar-refractivity contribution is 7.99. The van der Waals surface area contributed by atoms with Gasteiger partial charge in [-0.25, -0.2) is 4.98 Å². The first kappa shape index (κ1) is 18.2. The molecule has 0 N–H and O–H groups in total. The van der Waals surface area contributed by atoms with Crippen LogP contribution in [0.4, 0.5) is 0 Å². The van der Waals surface area contributed by atoms with Gasteiger partial charge in [0.15, 0.2) is 0 Å². The summed E-state index contributed by atoms with van der Waals surface area (Å²) in [7, 11) is 1.80. The van der Waals surface area contributed by atoms with Gasteiger partial charge in [-0.15, -0.1) is 23.1 Å². The van der Waals surface area contributed by atoms with Crippen LogP contribution in [-0.4, -0.2) is 51.3 Å². The zero-order valence-corrected chi connectivity index (χ0v) is 16.2. The Hall–Kier alpha value is -1.60. The van der Waals surface area contributed by atoms with Crippen LogP contribution in [0.2, 0.25) is 0 Å². The smallest absolute Gasteiger partial charge is 0.246 e. The average molecular weight is 378 g/mol. The third-order valence-electron chi connectivity index (χ3n) is 4.32. The second kappa shape index (κ2) is 8.19. The minimum absolute atomic E-state index is 0.00843. The first-order chi connectivity index (χ1) is 12.1. The van der Waals surface area contributed by atoms with E-state index in [-0.39, 0.29) is 17.9 Å². The number of carbonyl (C=O) groups is 2. The quantitative estimate of drug-likeness (QED) is 0.775. The summed E-state index contributed by atoms with van der Waals surface area (Å²) in [6.07, 6.45) is 2.40. The first-order valence-corrected chi connectivity index (χ1v) is 10.5. The molecule has 0 bridgehead atoms. The van der Waals surface area contributed by atoms with E-state index in [1.54, 1.807) is 39.9 Å². The van der Waals surface area contributed by atoms with E-state index in [1.165, 1.54) is 0 Å². The number of aromatic nitrogens is 1. The Balaban J connectivity index is 1.65. The van der Waals surface area contributed by atoms with Gasteiger partial charge in [-0.05, 0) is 18.6 Å². The number of rotatable bonds is 6. The Labute approximate surface area is 156 Å². The number of thioether (sulfide) groups is 1. The maximum Gasteiger partial charge on any atom is 0.246 e. The molecule has 3 rings (SSSR count). The Morgan fingerprint density at radius 1 is 1.36 bits per heavy atom. The predicted octanol–water partition coefficient (Wildman–Crippen LogP) is 3.35. The summed E-state index contributed by atoms with van der Waals surface area (Å²) in [6.45, 7) is 2.55. The van der Waals surface area contributed by atoms with Gasteiger partial charge in [0.25, 0.3) is 0 Å². The lowest BCUT2D eigenvalue weighted by Gasteiger charge is -2.27. The lowest BCUT2D eigenvalue weighted by atomic mass is 10.2. The Kier molecular flexibility index (Phi) is 5.96. The highest BCUT2D eigenvalue weighted by Crippen LogP contribution is 2.26. The zero-order chi connectivity index (χ0) is 17.8. The van der Waals surface area contributed by atoms with Crippen molar-refractivity contribution >= 4 is 45.1 Å². The Bertz CT molecular complexity index is 729. The van der Waals surface area contributed by atoms with Gasteiger partial charge >= 0.3 is 0 Å². The van der Waals surface area contributed by atoms with Crippen LogP contribution in [0, 0.1) is 0 Å². The molecule has 2 amide bonds. The largest absolute Gasteiger partial charge is 0.337 e. The number of carbonyl (C=O) groups excluding carboxylic acids is 2. The van der Waals surface area contributed by atoms with Crippen LogP contribution in [0.5, 0.6) is 0 Å². The summed E-state index contributed by atoms with van der Waals surface area (Å²) < 4.78 is 1.13. The third kappa shape index (κ3) is 4.15. The number of fused-ring (bicyclic) bond motifs is 1. The molecule has 0 aliphatic carbocycles. The van der Waals surface area contributed by atoms with Gasteiger partial charge in [0.1, 0.15) is 11.0 Å². The van der Waals surface area contributed by atoms with Gasteiger partial charge < -0.3 is 9.80 Å². The fourth-order valence-electron chi connectivity index (χ4n) is 2.89. The number of hydrogen-bond acceptors (Lipinski definition) is 5. The van der Waals surface area contributed by atoms with Crippen molar-refractivity contribution in [1.29, 1.82) is 0 Å². The van der Waals surface area contributed by atoms with Gasteiger partial charge in [-0.3, -0.25) is 9.59 Å². The SMILES string of the molecule is CCCCC(=O)N1CSCC1C(=O)N(C)Cc1nc2ccccc2s1. The van der Waals surface area contributed by atoms with Crippen molar-refractivity contribution < 1.29 is 9.59 Å². The molecule has 134 valence electrons. The van der Waals surface area contributed by atoms with E-state index in [1.807, 2.05) is 24.3 Å². The molecular formula is C18H23N3O2S2. The average Bonchev–Trinajstić information content (AvgIpc) is 3.25. The predicted molar refractivity (Wildman–Crippen MR) is 104 cm³/mol. The summed E-state index contributed by atoms with van der Waals surface area (Å²) in [5, 5.41) is 0.923. The molecule has 1 unspecified atom stereocenters. The number of amides is 2. The minimum atomic E-state index is -0.339. The van der Waals surface area contributed by atoms with Crippen LogP contribution in [0.15, 0.2) is 24.3 Å². The molecule has 1 aliphatic heterocycles. The fraction of sp³-hybridized carbons (Fsp3) is 0.500. The van der Waals surface area contributed by atoms with Gasteiger partial charge in [0.05, 0.1) is 22.6 Å². The van der Waals surface area contributed by atoms with Crippen molar-refractivity contribution in [2.24, 2.45) is 0 Å². The van der Waals surface area contributed by atoms with Crippen LogP contribution in [0.25, 0.3) is 10.2 Å². The maximum atomic E-state index is 12.8. The standard InChI is InChI=1S/C18H23N3O2S2/c1-3-4-9-17(22)21-12-24-11-14(21)18(23)20(2)10-16-19-13-7-5-6-8-15(13)25-16/h5-8,14H,3-4,9-12H2,1-2H3. The Morgan fingerprint density at radius 2 is 2.16 bits per heavy atom. The zero-order valence-electron chi connectivity index (χ0n) is 14.6. The van der Waals surface area contributed by atoms with Crippen LogP contribution in [0.1, 0.15) is 31.2 Å². The van der Waals surface area contributed by atoms with Crippen LogP contribution in [-0.2, 0) is 16.1 Å². The minimum Gasteiger partial charge on any atom is -0.337 e. The van der Waals surface area contributed by atoms with Crippen LogP contribution >= 0.6 is 23.1 Å². The summed E-state index contributed by atoms with van der Waals surface area (Å²) >= 11 is 3.27. The second-order valence-corrected chi connectivity index (χ2v) is 8.37. The molecule has 25 heavy (non-hydrogen) atoms. The van der Waals surface area contributed by atoms with Crippen molar-refractivity contribution in [1.82, 2.24) is 14.8 Å². The summed E-state index contributed by atoms with van der Waals surface area (Å²) in [5.41, 5.74) is 0.969. The van der Waals surface area contributed by atoms with E-state index < -0.39 is 0 Å². The third-order valence-corrected chi connectivity index (χ3v) is 6.35. The van der Waals surface area contributed by atoms with E-state index in [2.05, 4.69) is 11.9 Å². The van der Waals surface area contributed by atoms with Gasteiger partial charge in [-0.1, -0.05) is 25.5 Å². The lowest BCUT2D eigenvalue weighted by molar-refractivity contribution is -0.143. The van der Waals surface area contributed by atoms with Crippen molar-refractivity contribution in [3.63, 3.8) is 0 Å². The van der Waals surface area contributed by atoms with Crippen LogP contribution in [0.3, 0.4) is 0 Å². The van der Waals surface area contributed by atoms with E-state index in [9.17, 15) is 9.59 Å². The van der Waals surface area contributed by atoms with Gasteiger partial charge in [0.2, 0.25) is 11.8 Å². The van der Waals surface area contributed by atoms with Crippen molar-refractivity contribution in [2.75, 3.05) is 18.7 Å². The molecule has 0 saturated carbocycles. The topological polar surface area (TPSA) is 53.5 Å². The highest BCUT2D eigenvalue weighted by atomic mass is 32.2.